The SMILES string of the molecule is CCc1ccc(-c2csc3ncn(CC(=O)Nc4cc(C)c(Cl)cc4OC)c(=O)c23)cc1. The van der Waals surface area contributed by atoms with Crippen LogP contribution in [0.1, 0.15) is 18.1 Å². The van der Waals surface area contributed by atoms with Crippen LogP contribution < -0.4 is 15.6 Å². The predicted octanol–water partition coefficient (Wildman–Crippen LogP) is 5.30. The molecule has 0 aliphatic rings. The standard InChI is InChI=1S/C24H22ClN3O3S/c1-4-15-5-7-16(8-6-15)17-12-32-23-22(17)24(30)28(13-26-23)11-21(29)27-19-9-14(2)18(25)10-20(19)31-3/h5-10,12-13H,4,11H2,1-3H3,(H,27,29). The first-order valence-corrected chi connectivity index (χ1v) is 11.4. The summed E-state index contributed by atoms with van der Waals surface area (Å²) in [5.74, 6) is 0.0860. The topological polar surface area (TPSA) is 73.2 Å². The van der Waals surface area contributed by atoms with E-state index in [2.05, 4.69) is 29.4 Å². The fourth-order valence-corrected chi connectivity index (χ4v) is 4.55. The summed E-state index contributed by atoms with van der Waals surface area (Å²) in [4.78, 5) is 31.0. The normalized spacial score (nSPS) is 11.0. The molecule has 0 radical (unpaired) electrons. The lowest BCUT2D eigenvalue weighted by molar-refractivity contribution is -0.116. The van der Waals surface area contributed by atoms with Crippen LogP contribution in [0.5, 0.6) is 5.75 Å². The van der Waals surface area contributed by atoms with Gasteiger partial charge in [0.25, 0.3) is 5.56 Å². The number of halogens is 1. The molecule has 2 heterocycles. The molecule has 0 aliphatic carbocycles. The molecule has 32 heavy (non-hydrogen) atoms. The summed E-state index contributed by atoms with van der Waals surface area (Å²) < 4.78 is 6.63. The molecule has 4 rings (SSSR count). The van der Waals surface area contributed by atoms with Crippen LogP contribution in [-0.4, -0.2) is 22.6 Å². The van der Waals surface area contributed by atoms with Crippen molar-refractivity contribution in [3.8, 4) is 16.9 Å². The fraction of sp³-hybridized carbons (Fsp3) is 0.208. The third-order valence-electron chi connectivity index (χ3n) is 5.30. The smallest absolute Gasteiger partial charge is 0.263 e. The zero-order valence-corrected chi connectivity index (χ0v) is 19.5. The van der Waals surface area contributed by atoms with Crippen LogP contribution in [-0.2, 0) is 17.8 Å². The van der Waals surface area contributed by atoms with Gasteiger partial charge in [-0.25, -0.2) is 4.98 Å². The molecule has 164 valence electrons. The van der Waals surface area contributed by atoms with E-state index in [1.807, 2.05) is 24.4 Å². The zero-order valence-electron chi connectivity index (χ0n) is 17.9. The molecule has 0 spiro atoms. The highest BCUT2D eigenvalue weighted by atomic mass is 35.5. The molecule has 0 fully saturated rings. The zero-order chi connectivity index (χ0) is 22.8. The van der Waals surface area contributed by atoms with E-state index < -0.39 is 0 Å². The van der Waals surface area contributed by atoms with Crippen molar-refractivity contribution in [2.24, 2.45) is 0 Å². The molecule has 6 nitrogen and oxygen atoms in total. The van der Waals surface area contributed by atoms with Crippen LogP contribution in [0.3, 0.4) is 0 Å². The first kappa shape index (κ1) is 22.0. The number of anilines is 1. The number of thiophene rings is 1. The Labute approximate surface area is 194 Å². The Kier molecular flexibility index (Phi) is 6.30. The van der Waals surface area contributed by atoms with Crippen LogP contribution in [0.25, 0.3) is 21.3 Å². The second-order valence-electron chi connectivity index (χ2n) is 7.41. The fourth-order valence-electron chi connectivity index (χ4n) is 3.49. The van der Waals surface area contributed by atoms with Gasteiger partial charge in [-0.15, -0.1) is 11.3 Å². The Morgan fingerprint density at radius 2 is 2.00 bits per heavy atom. The van der Waals surface area contributed by atoms with Crippen molar-refractivity contribution >= 4 is 44.7 Å². The van der Waals surface area contributed by atoms with Gasteiger partial charge in [0.15, 0.2) is 0 Å². The van der Waals surface area contributed by atoms with Gasteiger partial charge in [0.05, 0.1) is 24.5 Å². The number of ether oxygens (including phenoxy) is 1. The second-order valence-corrected chi connectivity index (χ2v) is 8.67. The number of methoxy groups -OCH3 is 1. The number of nitrogens with zero attached hydrogens (tertiary/aromatic N) is 2. The van der Waals surface area contributed by atoms with Crippen LogP contribution in [0.2, 0.25) is 5.02 Å². The van der Waals surface area contributed by atoms with Crippen LogP contribution in [0, 0.1) is 6.92 Å². The maximum absolute atomic E-state index is 13.2. The molecule has 0 saturated carbocycles. The summed E-state index contributed by atoms with van der Waals surface area (Å²) in [5, 5.41) is 5.80. The van der Waals surface area contributed by atoms with Crippen molar-refractivity contribution in [2.45, 2.75) is 26.8 Å². The Bertz CT molecular complexity index is 1360. The molecule has 1 N–H and O–H groups in total. The molecule has 2 aromatic carbocycles. The number of nitrogens with one attached hydrogen (secondary N) is 1. The average Bonchev–Trinajstić information content (AvgIpc) is 3.23. The van der Waals surface area contributed by atoms with Crippen LogP contribution in [0.4, 0.5) is 5.69 Å². The molecule has 0 bridgehead atoms. The molecule has 0 saturated heterocycles. The van der Waals surface area contributed by atoms with Gasteiger partial charge in [-0.1, -0.05) is 42.8 Å². The van der Waals surface area contributed by atoms with Gasteiger partial charge in [-0.2, -0.15) is 0 Å². The summed E-state index contributed by atoms with van der Waals surface area (Å²) in [6.07, 6.45) is 2.36. The van der Waals surface area contributed by atoms with Crippen molar-refractivity contribution in [3.05, 3.63) is 74.6 Å². The van der Waals surface area contributed by atoms with E-state index in [0.717, 1.165) is 23.1 Å². The number of aromatic nitrogens is 2. The Morgan fingerprint density at radius 3 is 2.69 bits per heavy atom. The Hall–Kier alpha value is -3.16. The second kappa shape index (κ2) is 9.14. The van der Waals surface area contributed by atoms with E-state index in [4.69, 9.17) is 16.3 Å². The van der Waals surface area contributed by atoms with E-state index in [1.165, 1.54) is 34.9 Å². The monoisotopic (exact) mass is 467 g/mol. The third-order valence-corrected chi connectivity index (χ3v) is 6.60. The highest BCUT2D eigenvalue weighted by Gasteiger charge is 2.16. The van der Waals surface area contributed by atoms with Gasteiger partial charge >= 0.3 is 0 Å². The van der Waals surface area contributed by atoms with Crippen molar-refractivity contribution in [1.29, 1.82) is 0 Å². The lowest BCUT2D eigenvalue weighted by atomic mass is 10.0. The molecule has 4 aromatic rings. The molecule has 0 unspecified atom stereocenters. The van der Waals surface area contributed by atoms with Crippen molar-refractivity contribution in [3.63, 3.8) is 0 Å². The number of carbonyl (C=O) groups is 1. The Morgan fingerprint density at radius 1 is 1.25 bits per heavy atom. The number of aryl methyl sites for hydroxylation is 2. The van der Waals surface area contributed by atoms with E-state index in [0.29, 0.717) is 26.7 Å². The summed E-state index contributed by atoms with van der Waals surface area (Å²) in [5.41, 5.74) is 4.06. The molecule has 0 atom stereocenters. The van der Waals surface area contributed by atoms with Crippen molar-refractivity contribution in [2.75, 3.05) is 12.4 Å². The van der Waals surface area contributed by atoms with Gasteiger partial charge in [0, 0.05) is 22.0 Å². The molecule has 1 amide bonds. The lowest BCUT2D eigenvalue weighted by Crippen LogP contribution is -2.28. The average molecular weight is 468 g/mol. The van der Waals surface area contributed by atoms with Gasteiger partial charge in [-0.3, -0.25) is 14.2 Å². The van der Waals surface area contributed by atoms with Gasteiger partial charge in [-0.05, 0) is 36.1 Å². The van der Waals surface area contributed by atoms with Crippen LogP contribution >= 0.6 is 22.9 Å². The minimum absolute atomic E-state index is 0.170. The number of hydrogen-bond donors (Lipinski definition) is 1. The molecular formula is C24H22ClN3O3S. The van der Waals surface area contributed by atoms with Crippen molar-refractivity contribution in [1.82, 2.24) is 9.55 Å². The van der Waals surface area contributed by atoms with E-state index in [1.54, 1.807) is 12.1 Å². The number of fused-ring (bicyclic) bond motifs is 1. The molecular weight excluding hydrogens is 446 g/mol. The van der Waals surface area contributed by atoms with Gasteiger partial charge in [0.2, 0.25) is 5.91 Å². The third kappa shape index (κ3) is 4.26. The molecule has 2 aromatic heterocycles. The first-order chi connectivity index (χ1) is 15.4. The lowest BCUT2D eigenvalue weighted by Gasteiger charge is -2.13. The number of carbonyl (C=O) groups excluding carboxylic acids is 1. The minimum atomic E-state index is -0.364. The van der Waals surface area contributed by atoms with Crippen molar-refractivity contribution < 1.29 is 9.53 Å². The maximum atomic E-state index is 13.2. The van der Waals surface area contributed by atoms with E-state index in [9.17, 15) is 9.59 Å². The highest BCUT2D eigenvalue weighted by molar-refractivity contribution is 7.17. The number of rotatable bonds is 6. The highest BCUT2D eigenvalue weighted by Crippen LogP contribution is 2.32. The quantitative estimate of drug-likeness (QED) is 0.417. The maximum Gasteiger partial charge on any atom is 0.263 e. The van der Waals surface area contributed by atoms with Gasteiger partial charge in [0.1, 0.15) is 17.1 Å². The Balaban J connectivity index is 1.64. The van der Waals surface area contributed by atoms with E-state index >= 15 is 0 Å². The summed E-state index contributed by atoms with van der Waals surface area (Å²) >= 11 is 7.55. The summed E-state index contributed by atoms with van der Waals surface area (Å²) in [6.45, 7) is 3.77. The largest absolute Gasteiger partial charge is 0.495 e. The van der Waals surface area contributed by atoms with E-state index in [-0.39, 0.29) is 18.0 Å². The first-order valence-electron chi connectivity index (χ1n) is 10.1. The number of hydrogen-bond acceptors (Lipinski definition) is 5. The predicted molar refractivity (Wildman–Crippen MR) is 130 cm³/mol. The molecule has 0 aliphatic heterocycles. The molecule has 8 heteroatoms. The van der Waals surface area contributed by atoms with Gasteiger partial charge < -0.3 is 10.1 Å². The minimum Gasteiger partial charge on any atom is -0.495 e. The van der Waals surface area contributed by atoms with Crippen LogP contribution in [0.15, 0.2) is 52.9 Å². The summed E-state index contributed by atoms with van der Waals surface area (Å²) in [6, 6.07) is 11.5. The summed E-state index contributed by atoms with van der Waals surface area (Å²) in [7, 11) is 1.50. The number of amides is 1. The number of benzene rings is 2.